The van der Waals surface area contributed by atoms with E-state index >= 15 is 0 Å². The van der Waals surface area contributed by atoms with E-state index in [1.54, 1.807) is 11.8 Å². The molecule has 2 nitrogen and oxygen atoms in total. The highest BCUT2D eigenvalue weighted by Crippen LogP contribution is 2.34. The minimum atomic E-state index is -0.0645. The predicted octanol–water partition coefficient (Wildman–Crippen LogP) is 4.44. The summed E-state index contributed by atoms with van der Waals surface area (Å²) in [6.07, 6.45) is 12.3. The number of hydrogen-bond donors (Lipinski definition) is 0. The molecule has 1 aliphatic carbocycles. The first-order valence-corrected chi connectivity index (χ1v) is 9.34. The van der Waals surface area contributed by atoms with Crippen molar-refractivity contribution >= 4 is 34.2 Å². The number of hydrogen-bond acceptors (Lipinski definition) is 3. The van der Waals surface area contributed by atoms with Crippen molar-refractivity contribution in [1.29, 1.82) is 0 Å². The largest absolute Gasteiger partial charge is 0.293 e. The van der Waals surface area contributed by atoms with Gasteiger partial charge in [-0.2, -0.15) is 0 Å². The van der Waals surface area contributed by atoms with E-state index in [0.717, 1.165) is 10.1 Å². The molecule has 1 heterocycles. The molecule has 2 rings (SSSR count). The quantitative estimate of drug-likeness (QED) is 0.708. The Kier molecular flexibility index (Phi) is 6.04. The van der Waals surface area contributed by atoms with Gasteiger partial charge in [-0.15, -0.1) is 0 Å². The van der Waals surface area contributed by atoms with E-state index in [2.05, 4.69) is 39.8 Å². The van der Waals surface area contributed by atoms with Crippen molar-refractivity contribution in [3.05, 3.63) is 36.5 Å². The summed E-state index contributed by atoms with van der Waals surface area (Å²) < 4.78 is 0.744. The van der Waals surface area contributed by atoms with Crippen LogP contribution in [0, 0.1) is 23.7 Å². The molecule has 0 N–H and O–H groups in total. The summed E-state index contributed by atoms with van der Waals surface area (Å²) in [5.41, 5.74) is 0. The van der Waals surface area contributed by atoms with Crippen molar-refractivity contribution in [1.82, 2.24) is 4.90 Å². The van der Waals surface area contributed by atoms with E-state index in [4.69, 9.17) is 12.2 Å². The van der Waals surface area contributed by atoms with Gasteiger partial charge in [-0.25, -0.2) is 0 Å². The van der Waals surface area contributed by atoms with Gasteiger partial charge in [-0.1, -0.05) is 88.1 Å². The summed E-state index contributed by atoms with van der Waals surface area (Å²) in [4.78, 5) is 15.2. The number of nitrogens with zero attached hydrogens (tertiary/aromatic N) is 1. The molecule has 0 bridgehead atoms. The number of thiocarbonyl (C=S) groups is 1. The van der Waals surface area contributed by atoms with Crippen LogP contribution in [0.1, 0.15) is 27.7 Å². The van der Waals surface area contributed by atoms with Crippen LogP contribution in [0.15, 0.2) is 36.5 Å². The van der Waals surface area contributed by atoms with Crippen LogP contribution in [0.5, 0.6) is 0 Å². The van der Waals surface area contributed by atoms with Gasteiger partial charge in [-0.3, -0.25) is 9.69 Å². The fraction of sp³-hybridized carbons (Fsp3) is 0.556. The Morgan fingerprint density at radius 1 is 1.18 bits per heavy atom. The Labute approximate surface area is 143 Å². The van der Waals surface area contributed by atoms with E-state index in [1.165, 1.54) is 0 Å². The molecule has 22 heavy (non-hydrogen) atoms. The van der Waals surface area contributed by atoms with Crippen LogP contribution in [0.4, 0.5) is 0 Å². The van der Waals surface area contributed by atoms with Crippen molar-refractivity contribution in [3.63, 3.8) is 0 Å². The molecule has 1 fully saturated rings. The summed E-state index contributed by atoms with van der Waals surface area (Å²) in [6.45, 7) is 8.58. The maximum atomic E-state index is 13.3. The summed E-state index contributed by atoms with van der Waals surface area (Å²) in [7, 11) is 0. The SMILES string of the molecule is CC(C)[C@@H](C(=O)N1C(=S)SC[C@@H]1C(C)C)C1C=CC=CC=C1. The van der Waals surface area contributed by atoms with Crippen LogP contribution >= 0.6 is 24.0 Å². The van der Waals surface area contributed by atoms with Crippen molar-refractivity contribution in [3.8, 4) is 0 Å². The van der Waals surface area contributed by atoms with Gasteiger partial charge in [0.05, 0.1) is 5.92 Å². The lowest BCUT2D eigenvalue weighted by atomic mass is 9.81. The molecule has 2 atom stereocenters. The lowest BCUT2D eigenvalue weighted by Gasteiger charge is -2.33. The average molecular weight is 336 g/mol. The van der Waals surface area contributed by atoms with Crippen LogP contribution in [0.2, 0.25) is 0 Å². The third kappa shape index (κ3) is 3.72. The minimum Gasteiger partial charge on any atom is -0.293 e. The highest BCUT2D eigenvalue weighted by atomic mass is 32.2. The fourth-order valence-electron chi connectivity index (χ4n) is 3.05. The second kappa shape index (κ2) is 7.60. The third-order valence-electron chi connectivity index (χ3n) is 4.33. The number of carbonyl (C=O) groups is 1. The van der Waals surface area contributed by atoms with Crippen molar-refractivity contribution in [2.24, 2.45) is 23.7 Å². The molecule has 120 valence electrons. The summed E-state index contributed by atoms with van der Waals surface area (Å²) >= 11 is 7.10. The molecule has 2 aliphatic rings. The Hall–Kier alpha value is -0.870. The summed E-state index contributed by atoms with van der Waals surface area (Å²) in [6, 6.07) is 0.225. The van der Waals surface area contributed by atoms with Crippen molar-refractivity contribution in [2.75, 3.05) is 5.75 Å². The van der Waals surface area contributed by atoms with Gasteiger partial charge in [0.1, 0.15) is 4.32 Å². The average Bonchev–Trinajstić information content (AvgIpc) is 2.66. The van der Waals surface area contributed by atoms with Gasteiger partial charge in [0.25, 0.3) is 0 Å². The van der Waals surface area contributed by atoms with Crippen LogP contribution in [0.25, 0.3) is 0 Å². The molecule has 0 spiro atoms. The van der Waals surface area contributed by atoms with E-state index in [9.17, 15) is 4.79 Å². The smallest absolute Gasteiger partial charge is 0.232 e. The molecule has 0 saturated carbocycles. The van der Waals surface area contributed by atoms with E-state index in [0.29, 0.717) is 5.92 Å². The molecule has 1 amide bonds. The third-order valence-corrected chi connectivity index (χ3v) is 5.83. The topological polar surface area (TPSA) is 20.3 Å². The number of allylic oxidation sites excluding steroid dienone is 6. The lowest BCUT2D eigenvalue weighted by molar-refractivity contribution is -0.135. The molecule has 0 aromatic heterocycles. The maximum absolute atomic E-state index is 13.3. The Morgan fingerprint density at radius 3 is 2.27 bits per heavy atom. The zero-order valence-electron chi connectivity index (χ0n) is 13.7. The van der Waals surface area contributed by atoms with Gasteiger partial charge in [-0.05, 0) is 11.8 Å². The first kappa shape index (κ1) is 17.5. The van der Waals surface area contributed by atoms with Crippen molar-refractivity contribution in [2.45, 2.75) is 33.7 Å². The molecule has 1 saturated heterocycles. The molecular formula is C18H25NOS2. The van der Waals surface area contributed by atoms with E-state index in [1.807, 2.05) is 29.2 Å². The predicted molar refractivity (Wildman–Crippen MR) is 99.8 cm³/mol. The maximum Gasteiger partial charge on any atom is 0.232 e. The van der Waals surface area contributed by atoms with Gasteiger partial charge in [0, 0.05) is 17.7 Å². The highest BCUT2D eigenvalue weighted by molar-refractivity contribution is 8.23. The number of thioether (sulfide) groups is 1. The molecule has 0 aromatic rings. The Bertz CT molecular complexity index is 503. The van der Waals surface area contributed by atoms with Crippen LogP contribution in [-0.4, -0.2) is 26.9 Å². The second-order valence-corrected chi connectivity index (χ2v) is 8.25. The molecule has 0 aromatic carbocycles. The molecular weight excluding hydrogens is 310 g/mol. The first-order chi connectivity index (χ1) is 10.4. The summed E-state index contributed by atoms with van der Waals surface area (Å²) in [5, 5.41) is 0. The van der Waals surface area contributed by atoms with E-state index in [-0.39, 0.29) is 29.7 Å². The zero-order valence-corrected chi connectivity index (χ0v) is 15.4. The van der Waals surface area contributed by atoms with Crippen LogP contribution < -0.4 is 0 Å². The van der Waals surface area contributed by atoms with Gasteiger partial charge >= 0.3 is 0 Å². The standard InChI is InChI=1S/C18H25NOS2/c1-12(2)15-11-22-18(21)19(15)17(20)16(13(3)4)14-9-7-5-6-8-10-14/h5-10,12-16H,11H2,1-4H3/t15-,16-/m1/s1. The van der Waals surface area contributed by atoms with Crippen LogP contribution in [0.3, 0.4) is 0 Å². The highest BCUT2D eigenvalue weighted by Gasteiger charge is 2.41. The minimum absolute atomic E-state index is 0.0645. The molecule has 4 heteroatoms. The molecule has 0 unspecified atom stereocenters. The number of carbonyl (C=O) groups excluding carboxylic acids is 1. The monoisotopic (exact) mass is 335 g/mol. The van der Waals surface area contributed by atoms with E-state index < -0.39 is 0 Å². The molecule has 1 aliphatic heterocycles. The summed E-state index contributed by atoms with van der Waals surface area (Å²) in [5.74, 6) is 1.86. The Balaban J connectivity index is 2.28. The van der Waals surface area contributed by atoms with Gasteiger partial charge in [0.2, 0.25) is 5.91 Å². The Morgan fingerprint density at radius 2 is 1.77 bits per heavy atom. The normalized spacial score (nSPS) is 23.6. The molecule has 0 radical (unpaired) electrons. The van der Waals surface area contributed by atoms with Gasteiger partial charge < -0.3 is 0 Å². The fourth-order valence-corrected chi connectivity index (χ4v) is 4.69. The number of amides is 1. The second-order valence-electron chi connectivity index (χ2n) is 6.60. The van der Waals surface area contributed by atoms with Gasteiger partial charge in [0.15, 0.2) is 0 Å². The van der Waals surface area contributed by atoms with Crippen LogP contribution in [-0.2, 0) is 4.79 Å². The number of rotatable bonds is 4. The first-order valence-electron chi connectivity index (χ1n) is 7.95. The van der Waals surface area contributed by atoms with Crippen molar-refractivity contribution < 1.29 is 4.79 Å². The lowest BCUT2D eigenvalue weighted by Crippen LogP contribution is -2.47. The zero-order chi connectivity index (χ0) is 16.3.